The molecule has 0 aromatic rings. The molecule has 0 amide bonds. The van der Waals surface area contributed by atoms with Gasteiger partial charge in [0.2, 0.25) is 0 Å². The molecule has 5 rings (SSSR count). The number of likely N-dealkylation sites (tertiary alicyclic amines) is 1. The van der Waals surface area contributed by atoms with Gasteiger partial charge in [0.1, 0.15) is 11.9 Å². The van der Waals surface area contributed by atoms with Crippen LogP contribution in [0.15, 0.2) is 11.6 Å². The molecule has 5 aliphatic rings. The second kappa shape index (κ2) is 10.4. The molecule has 0 radical (unpaired) electrons. The number of hydrogen-bond donors (Lipinski definition) is 1. The molecule has 3 saturated carbocycles. The Hall–Kier alpha value is -0.870. The number of hydrogen-bond acceptors (Lipinski definition) is 3. The van der Waals surface area contributed by atoms with Gasteiger partial charge in [-0.25, -0.2) is 0 Å². The van der Waals surface area contributed by atoms with Gasteiger partial charge in [-0.3, -0.25) is 9.59 Å². The van der Waals surface area contributed by atoms with Crippen LogP contribution in [0.4, 0.5) is 0 Å². The normalized spacial score (nSPS) is 43.2. The Labute approximate surface area is 225 Å². The molecule has 0 aromatic heterocycles. The molecule has 4 aliphatic carbocycles. The number of quaternary nitrogens is 1. The zero-order valence-electron chi connectivity index (χ0n) is 23.5. The van der Waals surface area contributed by atoms with Crippen molar-refractivity contribution in [2.75, 3.05) is 19.6 Å². The lowest BCUT2D eigenvalue weighted by atomic mass is 9.47. The molecule has 4 nitrogen and oxygen atoms in total. The Balaban J connectivity index is 0.00000304. The maximum atomic E-state index is 12.7. The molecular formula is C31H50ClNO3. The van der Waals surface area contributed by atoms with E-state index in [1.165, 1.54) is 45.2 Å². The van der Waals surface area contributed by atoms with Crippen molar-refractivity contribution in [2.24, 2.45) is 39.9 Å². The summed E-state index contributed by atoms with van der Waals surface area (Å²) >= 11 is 0. The highest BCUT2D eigenvalue weighted by Gasteiger charge is 2.59. The molecule has 1 saturated heterocycles. The number of esters is 1. The smallest absolute Gasteiger partial charge is 0.311 e. The largest absolute Gasteiger partial charge is 1.00 e. The number of carbonyl (C=O) groups is 2. The van der Waals surface area contributed by atoms with Crippen molar-refractivity contribution in [3.63, 3.8) is 0 Å². The maximum Gasteiger partial charge on any atom is 0.311 e. The number of fused-ring (bicyclic) bond motifs is 5. The van der Waals surface area contributed by atoms with E-state index in [1.54, 1.807) is 10.5 Å². The standard InChI is InChI=1S/C31H49NO3.ClH/c1-21(33)25-9-10-26-24-8-7-22-19-23(11-15-30(22,4)27(24)12-16-31(25,26)5)35-28(34)13-18-32-17-6-14-29(2,3)20-32;/h7,23-27H,6,8-20H2,1-5H3;1H. The predicted molar refractivity (Wildman–Crippen MR) is 139 cm³/mol. The summed E-state index contributed by atoms with van der Waals surface area (Å²) in [6, 6.07) is 0. The van der Waals surface area contributed by atoms with Crippen LogP contribution in [0.5, 0.6) is 0 Å². The van der Waals surface area contributed by atoms with Crippen LogP contribution >= 0.6 is 0 Å². The van der Waals surface area contributed by atoms with E-state index in [0.29, 0.717) is 23.5 Å². The minimum Gasteiger partial charge on any atom is -1.00 e. The second-order valence-corrected chi connectivity index (χ2v) is 14.3. The maximum absolute atomic E-state index is 12.7. The van der Waals surface area contributed by atoms with Crippen LogP contribution in [-0.4, -0.2) is 37.5 Å². The van der Waals surface area contributed by atoms with Gasteiger partial charge in [-0.2, -0.15) is 0 Å². The average molecular weight is 520 g/mol. The van der Waals surface area contributed by atoms with Crippen molar-refractivity contribution >= 4 is 11.8 Å². The third-order valence-corrected chi connectivity index (χ3v) is 11.6. The number of ketones is 1. The molecular weight excluding hydrogens is 470 g/mol. The summed E-state index contributed by atoms with van der Waals surface area (Å²) in [5.41, 5.74) is 2.44. The van der Waals surface area contributed by atoms with Crippen molar-refractivity contribution in [1.29, 1.82) is 0 Å². The topological polar surface area (TPSA) is 47.8 Å². The Morgan fingerprint density at radius 2 is 1.81 bits per heavy atom. The number of carbonyl (C=O) groups excluding carboxylic acids is 2. The van der Waals surface area contributed by atoms with Crippen molar-refractivity contribution in [3.8, 4) is 0 Å². The van der Waals surface area contributed by atoms with E-state index in [1.807, 2.05) is 6.92 Å². The molecule has 1 N–H and O–H groups in total. The van der Waals surface area contributed by atoms with Crippen molar-refractivity contribution < 1.29 is 31.6 Å². The molecule has 0 spiro atoms. The molecule has 4 fully saturated rings. The Morgan fingerprint density at radius 1 is 1.03 bits per heavy atom. The van der Waals surface area contributed by atoms with Crippen LogP contribution in [0.1, 0.15) is 105 Å². The number of allylic oxidation sites excluding steroid dienone is 1. The molecule has 36 heavy (non-hydrogen) atoms. The van der Waals surface area contributed by atoms with Crippen molar-refractivity contribution in [3.05, 3.63) is 11.6 Å². The lowest BCUT2D eigenvalue weighted by Crippen LogP contribution is -3.14. The number of Topliss-reactive ketones (excluding diaryl/α,β-unsaturated/α-hetero) is 1. The number of halogens is 1. The molecule has 8 atom stereocenters. The van der Waals surface area contributed by atoms with E-state index < -0.39 is 0 Å². The Morgan fingerprint density at radius 3 is 2.53 bits per heavy atom. The first kappa shape index (κ1) is 28.1. The van der Waals surface area contributed by atoms with Gasteiger partial charge in [0, 0.05) is 17.8 Å². The van der Waals surface area contributed by atoms with Gasteiger partial charge in [0.05, 0.1) is 26.1 Å². The minimum atomic E-state index is 0. The van der Waals surface area contributed by atoms with Crippen LogP contribution in [-0.2, 0) is 14.3 Å². The number of ether oxygens (including phenoxy) is 1. The van der Waals surface area contributed by atoms with Gasteiger partial charge in [0.25, 0.3) is 0 Å². The third kappa shape index (κ3) is 5.07. The zero-order valence-corrected chi connectivity index (χ0v) is 24.2. The number of piperidine rings is 1. The number of rotatable bonds is 5. The first-order valence-corrected chi connectivity index (χ1v) is 14.7. The quantitative estimate of drug-likeness (QED) is 0.447. The monoisotopic (exact) mass is 519 g/mol. The lowest BCUT2D eigenvalue weighted by Gasteiger charge is -2.58. The van der Waals surface area contributed by atoms with Gasteiger partial charge in [-0.15, -0.1) is 0 Å². The molecule has 8 unspecified atom stereocenters. The molecule has 0 aromatic carbocycles. The van der Waals surface area contributed by atoms with E-state index in [-0.39, 0.29) is 41.2 Å². The van der Waals surface area contributed by atoms with Crippen LogP contribution in [0, 0.1) is 39.9 Å². The predicted octanol–water partition coefficient (Wildman–Crippen LogP) is 2.17. The van der Waals surface area contributed by atoms with Gasteiger partial charge < -0.3 is 22.0 Å². The number of nitrogens with one attached hydrogen (secondary N) is 1. The summed E-state index contributed by atoms with van der Waals surface area (Å²) in [5.74, 6) is 2.86. The summed E-state index contributed by atoms with van der Waals surface area (Å²) in [6.07, 6.45) is 14.8. The first-order chi connectivity index (χ1) is 16.5. The fourth-order valence-electron chi connectivity index (χ4n) is 9.80. The second-order valence-electron chi connectivity index (χ2n) is 14.3. The molecule has 1 heterocycles. The molecule has 204 valence electrons. The molecule has 5 heteroatoms. The zero-order chi connectivity index (χ0) is 25.0. The van der Waals surface area contributed by atoms with E-state index >= 15 is 0 Å². The van der Waals surface area contributed by atoms with E-state index in [0.717, 1.165) is 50.5 Å². The van der Waals surface area contributed by atoms with Crippen LogP contribution in [0.2, 0.25) is 0 Å². The van der Waals surface area contributed by atoms with Gasteiger partial charge >= 0.3 is 5.97 Å². The summed E-state index contributed by atoms with van der Waals surface area (Å²) in [4.78, 5) is 26.7. The minimum absolute atomic E-state index is 0. The van der Waals surface area contributed by atoms with Gasteiger partial charge in [0.15, 0.2) is 0 Å². The van der Waals surface area contributed by atoms with E-state index in [4.69, 9.17) is 4.74 Å². The highest BCUT2D eigenvalue weighted by molar-refractivity contribution is 5.79. The highest BCUT2D eigenvalue weighted by atomic mass is 35.5. The highest BCUT2D eigenvalue weighted by Crippen LogP contribution is 2.66. The van der Waals surface area contributed by atoms with Crippen molar-refractivity contribution in [1.82, 2.24) is 0 Å². The average Bonchev–Trinajstić information content (AvgIpc) is 3.15. The summed E-state index contributed by atoms with van der Waals surface area (Å²) in [6.45, 7) is 14.8. The van der Waals surface area contributed by atoms with Gasteiger partial charge in [-0.1, -0.05) is 39.3 Å². The molecule has 0 bridgehead atoms. The van der Waals surface area contributed by atoms with Crippen LogP contribution < -0.4 is 17.3 Å². The SMILES string of the molecule is CC(=O)C1CCC2C3CC=C4CC(OC(=O)CC[NH+]5CCCC(C)(C)C5)CCC4(C)C3CCC12C.[Cl-]. The van der Waals surface area contributed by atoms with Crippen LogP contribution in [0.25, 0.3) is 0 Å². The third-order valence-electron chi connectivity index (χ3n) is 11.6. The van der Waals surface area contributed by atoms with Gasteiger partial charge in [-0.05, 0) is 93.3 Å². The summed E-state index contributed by atoms with van der Waals surface area (Å²) < 4.78 is 6.06. The summed E-state index contributed by atoms with van der Waals surface area (Å²) in [7, 11) is 0. The fourth-order valence-corrected chi connectivity index (χ4v) is 9.80. The Kier molecular flexibility index (Phi) is 8.10. The van der Waals surface area contributed by atoms with Crippen LogP contribution in [0.3, 0.4) is 0 Å². The van der Waals surface area contributed by atoms with Crippen molar-refractivity contribution in [2.45, 2.75) is 111 Å². The fraction of sp³-hybridized carbons (Fsp3) is 0.871. The first-order valence-electron chi connectivity index (χ1n) is 14.7. The van der Waals surface area contributed by atoms with E-state index in [2.05, 4.69) is 33.8 Å². The van der Waals surface area contributed by atoms with E-state index in [9.17, 15) is 9.59 Å². The Bertz CT molecular complexity index is 883. The lowest BCUT2D eigenvalue weighted by molar-refractivity contribution is -0.911. The molecule has 1 aliphatic heterocycles. The summed E-state index contributed by atoms with van der Waals surface area (Å²) in [5, 5.41) is 0.